The Balaban J connectivity index is 1.77. The van der Waals surface area contributed by atoms with Crippen molar-refractivity contribution in [3.05, 3.63) is 65.7 Å². The topological polar surface area (TPSA) is 126 Å². The number of amides is 4. The zero-order valence-corrected chi connectivity index (χ0v) is 19.1. The molecule has 0 spiro atoms. The second-order valence-corrected chi connectivity index (χ2v) is 8.21. The lowest BCUT2D eigenvalue weighted by molar-refractivity contribution is -0.121. The molecule has 0 aliphatic carbocycles. The van der Waals surface area contributed by atoms with Crippen molar-refractivity contribution in [1.29, 1.82) is 0 Å². The van der Waals surface area contributed by atoms with Crippen LogP contribution in [0.5, 0.6) is 0 Å². The normalized spacial score (nSPS) is 10.6. The van der Waals surface area contributed by atoms with E-state index in [0.29, 0.717) is 16.8 Å². The van der Waals surface area contributed by atoms with Crippen LogP contribution < -0.4 is 21.3 Å². The van der Waals surface area contributed by atoms with Gasteiger partial charge in [0.2, 0.25) is 11.8 Å². The van der Waals surface area contributed by atoms with Crippen molar-refractivity contribution in [1.82, 2.24) is 16.0 Å². The Kier molecular flexibility index (Phi) is 9.41. The summed E-state index contributed by atoms with van der Waals surface area (Å²) in [6, 6.07) is 15.6. The highest BCUT2D eigenvalue weighted by Gasteiger charge is 2.16. The lowest BCUT2D eigenvalue weighted by atomic mass is 10.1. The van der Waals surface area contributed by atoms with Crippen LogP contribution in [0.3, 0.4) is 0 Å². The van der Waals surface area contributed by atoms with E-state index in [-0.39, 0.29) is 43.8 Å². The minimum atomic E-state index is -0.606. The van der Waals surface area contributed by atoms with Gasteiger partial charge in [-0.25, -0.2) is 4.79 Å². The molecule has 176 valence electrons. The largest absolute Gasteiger partial charge is 0.444 e. The van der Waals surface area contributed by atoms with Crippen molar-refractivity contribution in [3.63, 3.8) is 0 Å². The number of anilines is 1. The van der Waals surface area contributed by atoms with Crippen LogP contribution in [0, 0.1) is 0 Å². The smallest absolute Gasteiger partial charge is 0.407 e. The maximum absolute atomic E-state index is 12.3. The Labute approximate surface area is 193 Å². The van der Waals surface area contributed by atoms with Crippen LogP contribution in [-0.2, 0) is 20.9 Å². The van der Waals surface area contributed by atoms with Gasteiger partial charge in [0, 0.05) is 30.8 Å². The molecule has 2 aromatic rings. The lowest BCUT2D eigenvalue weighted by Crippen LogP contribution is -2.35. The van der Waals surface area contributed by atoms with E-state index in [1.54, 1.807) is 75.4 Å². The highest BCUT2D eigenvalue weighted by molar-refractivity contribution is 5.99. The van der Waals surface area contributed by atoms with Gasteiger partial charge in [-0.2, -0.15) is 0 Å². The van der Waals surface area contributed by atoms with Crippen molar-refractivity contribution in [3.8, 4) is 0 Å². The third kappa shape index (κ3) is 9.86. The molecule has 33 heavy (non-hydrogen) atoms. The van der Waals surface area contributed by atoms with E-state index in [0.717, 1.165) is 0 Å². The van der Waals surface area contributed by atoms with Crippen LogP contribution >= 0.6 is 0 Å². The molecule has 0 unspecified atom stereocenters. The van der Waals surface area contributed by atoms with Crippen molar-refractivity contribution >= 4 is 29.5 Å². The highest BCUT2D eigenvalue weighted by atomic mass is 16.6. The Morgan fingerprint density at radius 2 is 1.48 bits per heavy atom. The van der Waals surface area contributed by atoms with Crippen LogP contribution in [0.4, 0.5) is 10.5 Å². The first kappa shape index (κ1) is 25.4. The fraction of sp³-hybridized carbons (Fsp3) is 0.333. The van der Waals surface area contributed by atoms with E-state index >= 15 is 0 Å². The molecule has 0 aromatic heterocycles. The average Bonchev–Trinajstić information content (AvgIpc) is 2.76. The number of ether oxygens (including phenoxy) is 1. The van der Waals surface area contributed by atoms with Gasteiger partial charge >= 0.3 is 6.09 Å². The summed E-state index contributed by atoms with van der Waals surface area (Å²) in [4.78, 5) is 48.0. The second-order valence-electron chi connectivity index (χ2n) is 8.21. The third-order valence-electron chi connectivity index (χ3n) is 4.23. The Morgan fingerprint density at radius 1 is 0.818 bits per heavy atom. The maximum Gasteiger partial charge on any atom is 0.407 e. The van der Waals surface area contributed by atoms with Gasteiger partial charge in [0.05, 0.1) is 6.54 Å². The number of alkyl carbamates (subject to hydrolysis) is 1. The van der Waals surface area contributed by atoms with Gasteiger partial charge in [0.1, 0.15) is 5.60 Å². The van der Waals surface area contributed by atoms with Gasteiger partial charge in [-0.05, 0) is 44.5 Å². The van der Waals surface area contributed by atoms with E-state index in [9.17, 15) is 19.2 Å². The lowest BCUT2D eigenvalue weighted by Gasteiger charge is -2.19. The number of benzene rings is 2. The predicted molar refractivity (Wildman–Crippen MR) is 125 cm³/mol. The fourth-order valence-corrected chi connectivity index (χ4v) is 2.72. The van der Waals surface area contributed by atoms with E-state index in [2.05, 4.69) is 21.3 Å². The van der Waals surface area contributed by atoms with Crippen LogP contribution in [0.2, 0.25) is 0 Å². The zero-order chi connectivity index (χ0) is 24.3. The molecular formula is C24H30N4O5. The first-order chi connectivity index (χ1) is 15.6. The third-order valence-corrected chi connectivity index (χ3v) is 4.23. The molecule has 0 aliphatic rings. The number of carbonyl (C=O) groups excluding carboxylic acids is 4. The summed E-state index contributed by atoms with van der Waals surface area (Å²) in [6.45, 7) is 5.41. The van der Waals surface area contributed by atoms with Gasteiger partial charge in [-0.1, -0.05) is 36.4 Å². The summed E-state index contributed by atoms with van der Waals surface area (Å²) in [5.74, 6) is -0.992. The average molecular weight is 455 g/mol. The minimum Gasteiger partial charge on any atom is -0.444 e. The molecule has 0 fully saturated rings. The first-order valence-corrected chi connectivity index (χ1v) is 10.6. The van der Waals surface area contributed by atoms with Gasteiger partial charge in [0.15, 0.2) is 0 Å². The van der Waals surface area contributed by atoms with Crippen molar-refractivity contribution < 1.29 is 23.9 Å². The van der Waals surface area contributed by atoms with Crippen LogP contribution in [0.15, 0.2) is 54.6 Å². The predicted octanol–water partition coefficient (Wildman–Crippen LogP) is 2.59. The quantitative estimate of drug-likeness (QED) is 0.463. The molecule has 2 aromatic carbocycles. The Bertz CT molecular complexity index is 970. The highest BCUT2D eigenvalue weighted by Crippen LogP contribution is 2.14. The molecule has 0 saturated carbocycles. The molecule has 0 saturated heterocycles. The number of para-hydroxylation sites is 1. The SMILES string of the molecule is CC(C)(C)OC(=O)NCCC(=O)NCc1ccccc1NC(=O)CNC(=O)c1ccccc1. The molecule has 9 heteroatoms. The molecule has 0 aliphatic heterocycles. The molecule has 4 amide bonds. The number of hydrogen-bond acceptors (Lipinski definition) is 5. The van der Waals surface area contributed by atoms with E-state index in [1.165, 1.54) is 0 Å². The molecule has 2 rings (SSSR count). The van der Waals surface area contributed by atoms with E-state index in [4.69, 9.17) is 4.74 Å². The molecule has 9 nitrogen and oxygen atoms in total. The number of hydrogen-bond donors (Lipinski definition) is 4. The van der Waals surface area contributed by atoms with Crippen molar-refractivity contribution in [2.24, 2.45) is 0 Å². The first-order valence-electron chi connectivity index (χ1n) is 10.6. The number of rotatable bonds is 9. The second kappa shape index (κ2) is 12.2. The minimum absolute atomic E-state index is 0.0826. The Hall–Kier alpha value is -3.88. The molecule has 4 N–H and O–H groups in total. The molecular weight excluding hydrogens is 424 g/mol. The van der Waals surface area contributed by atoms with Crippen LogP contribution in [-0.4, -0.2) is 42.5 Å². The van der Waals surface area contributed by atoms with Crippen LogP contribution in [0.1, 0.15) is 43.1 Å². The summed E-state index contributed by atoms with van der Waals surface area (Å²) >= 11 is 0. The fourth-order valence-electron chi connectivity index (χ4n) is 2.72. The monoisotopic (exact) mass is 454 g/mol. The summed E-state index contributed by atoms with van der Waals surface area (Å²) < 4.78 is 5.11. The van der Waals surface area contributed by atoms with Crippen LogP contribution in [0.25, 0.3) is 0 Å². The summed E-state index contributed by atoms with van der Waals surface area (Å²) in [7, 11) is 0. The zero-order valence-electron chi connectivity index (χ0n) is 19.1. The van der Waals surface area contributed by atoms with Gasteiger partial charge in [-0.15, -0.1) is 0 Å². The molecule has 0 atom stereocenters. The van der Waals surface area contributed by atoms with Gasteiger partial charge in [-0.3, -0.25) is 14.4 Å². The van der Waals surface area contributed by atoms with Gasteiger partial charge < -0.3 is 26.0 Å². The van der Waals surface area contributed by atoms with Gasteiger partial charge in [0.25, 0.3) is 5.91 Å². The number of carbonyl (C=O) groups is 4. The van der Waals surface area contributed by atoms with Crippen molar-refractivity contribution in [2.75, 3.05) is 18.4 Å². The maximum atomic E-state index is 12.3. The molecule has 0 bridgehead atoms. The summed E-state index contributed by atoms with van der Waals surface area (Å²) in [6.07, 6.45) is -0.498. The Morgan fingerprint density at radius 3 is 2.18 bits per heavy atom. The summed E-state index contributed by atoms with van der Waals surface area (Å²) in [5.41, 5.74) is 1.09. The summed E-state index contributed by atoms with van der Waals surface area (Å²) in [5, 5.41) is 10.6. The standard InChI is InChI=1S/C24H30N4O5/c1-24(2,3)33-23(32)25-14-13-20(29)26-15-18-11-7-8-12-19(18)28-21(30)16-27-22(31)17-9-5-4-6-10-17/h4-12H,13-16H2,1-3H3,(H,25,32)(H,26,29)(H,27,31)(H,28,30). The van der Waals surface area contributed by atoms with Crippen molar-refractivity contribution in [2.45, 2.75) is 39.3 Å². The van der Waals surface area contributed by atoms with E-state index < -0.39 is 11.7 Å². The molecule has 0 radical (unpaired) electrons. The number of nitrogens with one attached hydrogen (secondary N) is 4. The molecule has 0 heterocycles. The van der Waals surface area contributed by atoms with E-state index in [1.807, 2.05) is 0 Å².